The van der Waals surface area contributed by atoms with Gasteiger partial charge in [0.05, 0.1) is 6.30 Å². The van der Waals surface area contributed by atoms with Gasteiger partial charge in [-0.3, -0.25) is 0 Å². The molecule has 5 heteroatoms. The highest BCUT2D eigenvalue weighted by Crippen LogP contribution is 2.06. The van der Waals surface area contributed by atoms with Crippen LogP contribution in [0.15, 0.2) is 12.6 Å². The fourth-order valence-corrected chi connectivity index (χ4v) is 0.798. The Bertz CT molecular complexity index is 468. The second kappa shape index (κ2) is 2.02. The number of imidazole rings is 1. The minimum absolute atomic E-state index is 0.0120. The number of nitrogens with zero attached hydrogens (tertiary/aromatic N) is 4. The van der Waals surface area contributed by atoms with Gasteiger partial charge < -0.3 is 4.98 Å². The van der Waals surface area contributed by atoms with E-state index in [-0.39, 0.29) is 12.0 Å². The maximum atomic E-state index is 8.60. The molecule has 11 heavy (non-hydrogen) atoms. The van der Waals surface area contributed by atoms with E-state index in [1.54, 1.807) is 0 Å². The number of aromatic amines is 1. The summed E-state index contributed by atoms with van der Waals surface area (Å²) in [5.41, 5.74) is 0.988. The fourth-order valence-electron chi connectivity index (χ4n) is 0.798. The molecule has 0 aliphatic rings. The summed E-state index contributed by atoms with van der Waals surface area (Å²) in [6.45, 7) is 0. The van der Waals surface area contributed by atoms with Crippen molar-refractivity contribution >= 4 is 11.2 Å². The Morgan fingerprint density at radius 2 is 2.45 bits per heavy atom. The molecule has 52 valence electrons. The molecule has 1 N–H and O–H groups in total. The number of hydrogen-bond acceptors (Lipinski definition) is 4. The standard InChI is InChI=1S/C6H3N5/c7-1-4-5-6(10-2-8-4)11-3-9-5/h2-3H,(H,8,9,10,11)/i3D. The Hall–Kier alpha value is -1.96. The van der Waals surface area contributed by atoms with Gasteiger partial charge in [0.1, 0.15) is 19.3 Å². The quantitative estimate of drug-likeness (QED) is 0.576. The molecule has 0 aromatic carbocycles. The van der Waals surface area contributed by atoms with Crippen LogP contribution < -0.4 is 0 Å². The highest BCUT2D eigenvalue weighted by Gasteiger charge is 2.02. The lowest BCUT2D eigenvalue weighted by Crippen LogP contribution is -1.86. The summed E-state index contributed by atoms with van der Waals surface area (Å²) >= 11 is 0. The average Bonchev–Trinajstić information content (AvgIpc) is 2.44. The van der Waals surface area contributed by atoms with Crippen LogP contribution in [0.4, 0.5) is 0 Å². The second-order valence-electron chi connectivity index (χ2n) is 1.88. The Kier molecular flexibility index (Phi) is 0.881. The van der Waals surface area contributed by atoms with Crippen molar-refractivity contribution in [1.82, 2.24) is 19.9 Å². The third kappa shape index (κ3) is 0.730. The summed E-state index contributed by atoms with van der Waals surface area (Å²) in [6, 6.07) is 1.88. The van der Waals surface area contributed by atoms with Gasteiger partial charge in [0.15, 0.2) is 11.3 Å². The zero-order valence-electron chi connectivity index (χ0n) is 6.37. The third-order valence-corrected chi connectivity index (χ3v) is 1.28. The average molecular weight is 146 g/mol. The molecule has 2 aromatic rings. The van der Waals surface area contributed by atoms with Crippen LogP contribution in [0, 0.1) is 11.3 Å². The monoisotopic (exact) mass is 146 g/mol. The molecule has 0 spiro atoms. The molecule has 2 aromatic heterocycles. The van der Waals surface area contributed by atoms with Crippen molar-refractivity contribution in [3.63, 3.8) is 0 Å². The van der Waals surface area contributed by atoms with Crippen LogP contribution in [-0.4, -0.2) is 19.9 Å². The largest absolute Gasteiger partial charge is 0.341 e. The van der Waals surface area contributed by atoms with Gasteiger partial charge in [0, 0.05) is 0 Å². The maximum Gasteiger partial charge on any atom is 0.181 e. The lowest BCUT2D eigenvalue weighted by atomic mass is 10.4. The van der Waals surface area contributed by atoms with Crippen LogP contribution in [0.3, 0.4) is 0 Å². The van der Waals surface area contributed by atoms with E-state index in [4.69, 9.17) is 6.63 Å². The van der Waals surface area contributed by atoms with Gasteiger partial charge in [-0.25, -0.2) is 15.0 Å². The SMILES string of the molecule is [2H]c1nc2ncnc(C#N)c2[nH]1. The van der Waals surface area contributed by atoms with Crippen molar-refractivity contribution in [3.05, 3.63) is 18.3 Å². The zero-order valence-corrected chi connectivity index (χ0v) is 5.37. The number of aromatic nitrogens is 4. The van der Waals surface area contributed by atoms with Gasteiger partial charge in [0.25, 0.3) is 0 Å². The predicted molar refractivity (Wildman–Crippen MR) is 36.4 cm³/mol. The van der Waals surface area contributed by atoms with Gasteiger partial charge in [-0.15, -0.1) is 0 Å². The van der Waals surface area contributed by atoms with Gasteiger partial charge >= 0.3 is 0 Å². The first-order chi connectivity index (χ1) is 5.81. The Morgan fingerprint density at radius 3 is 3.27 bits per heavy atom. The van der Waals surface area contributed by atoms with Crippen LogP contribution in [0.5, 0.6) is 0 Å². The van der Waals surface area contributed by atoms with Crippen molar-refractivity contribution in [3.8, 4) is 6.07 Å². The molecule has 0 aliphatic heterocycles. The van der Waals surface area contributed by atoms with E-state index in [9.17, 15) is 0 Å². The Balaban J connectivity index is 2.89. The topological polar surface area (TPSA) is 78.2 Å². The second-order valence-corrected chi connectivity index (χ2v) is 1.88. The molecule has 2 heterocycles. The van der Waals surface area contributed by atoms with Crippen LogP contribution in [0.2, 0.25) is 0 Å². The van der Waals surface area contributed by atoms with E-state index < -0.39 is 0 Å². The lowest BCUT2D eigenvalue weighted by Gasteiger charge is -1.86. The molecule has 0 fully saturated rings. The molecule has 0 saturated carbocycles. The predicted octanol–water partition coefficient (Wildman–Crippen LogP) is 0.225. The summed E-state index contributed by atoms with van der Waals surface area (Å²) in [7, 11) is 0. The van der Waals surface area contributed by atoms with E-state index in [0.29, 0.717) is 11.2 Å². The molecule has 0 unspecified atom stereocenters. The van der Waals surface area contributed by atoms with Gasteiger partial charge in [-0.05, 0) is 0 Å². The van der Waals surface area contributed by atoms with E-state index in [0.717, 1.165) is 0 Å². The first-order valence-electron chi connectivity index (χ1n) is 3.38. The number of H-pyrrole nitrogens is 1. The molecule has 0 aliphatic carbocycles. The van der Waals surface area contributed by atoms with Crippen LogP contribution in [0.1, 0.15) is 7.06 Å². The minimum atomic E-state index is -0.0120. The first kappa shape index (κ1) is 4.79. The van der Waals surface area contributed by atoms with E-state index in [1.165, 1.54) is 6.33 Å². The van der Waals surface area contributed by atoms with Crippen molar-refractivity contribution in [2.45, 2.75) is 0 Å². The third-order valence-electron chi connectivity index (χ3n) is 1.28. The molecular weight excluding hydrogens is 142 g/mol. The van der Waals surface area contributed by atoms with E-state index >= 15 is 0 Å². The Morgan fingerprint density at radius 1 is 1.55 bits per heavy atom. The summed E-state index contributed by atoms with van der Waals surface area (Å²) in [5, 5.41) is 8.60. The molecular formula is C6H3N5. The van der Waals surface area contributed by atoms with Gasteiger partial charge in [-0.1, -0.05) is 0 Å². The lowest BCUT2D eigenvalue weighted by molar-refractivity contribution is 1.17. The van der Waals surface area contributed by atoms with Crippen molar-refractivity contribution < 1.29 is 1.37 Å². The van der Waals surface area contributed by atoms with Crippen molar-refractivity contribution in [1.29, 1.82) is 5.26 Å². The van der Waals surface area contributed by atoms with Crippen LogP contribution in [0.25, 0.3) is 11.2 Å². The highest BCUT2D eigenvalue weighted by molar-refractivity contribution is 5.74. The van der Waals surface area contributed by atoms with Gasteiger partial charge in [-0.2, -0.15) is 5.26 Å². The molecule has 0 bridgehead atoms. The minimum Gasteiger partial charge on any atom is -0.341 e. The normalized spacial score (nSPS) is 11.0. The highest BCUT2D eigenvalue weighted by atomic mass is 15.0. The van der Waals surface area contributed by atoms with E-state index in [2.05, 4.69) is 19.9 Å². The maximum absolute atomic E-state index is 8.60. The summed E-state index contributed by atoms with van der Waals surface area (Å²) < 4.78 is 7.15. The molecule has 0 atom stereocenters. The molecule has 0 saturated heterocycles. The first-order valence-corrected chi connectivity index (χ1v) is 2.88. The zero-order chi connectivity index (χ0) is 8.55. The number of nitrogens with one attached hydrogen (secondary N) is 1. The molecule has 0 amide bonds. The molecule has 0 radical (unpaired) electrons. The summed E-state index contributed by atoms with van der Waals surface area (Å²) in [5.74, 6) is 0. The van der Waals surface area contributed by atoms with Crippen molar-refractivity contribution in [2.24, 2.45) is 0 Å². The summed E-state index contributed by atoms with van der Waals surface area (Å²) in [6.07, 6.45) is 1.24. The molecule has 2 rings (SSSR count). The smallest absolute Gasteiger partial charge is 0.181 e. The number of fused-ring (bicyclic) bond motifs is 1. The van der Waals surface area contributed by atoms with E-state index in [1.807, 2.05) is 6.07 Å². The summed E-state index contributed by atoms with van der Waals surface area (Å²) in [4.78, 5) is 13.8. The number of hydrogen-bond donors (Lipinski definition) is 1. The fraction of sp³-hybridized carbons (Fsp3) is 0. The number of nitriles is 1. The van der Waals surface area contributed by atoms with Gasteiger partial charge in [0.2, 0.25) is 0 Å². The number of rotatable bonds is 0. The molecule has 5 nitrogen and oxygen atoms in total. The van der Waals surface area contributed by atoms with Crippen LogP contribution in [-0.2, 0) is 0 Å². The Labute approximate surface area is 63.1 Å². The van der Waals surface area contributed by atoms with Crippen LogP contribution >= 0.6 is 0 Å². The van der Waals surface area contributed by atoms with Crippen molar-refractivity contribution in [2.75, 3.05) is 0 Å².